The van der Waals surface area contributed by atoms with E-state index >= 15 is 0 Å². The van der Waals surface area contributed by atoms with Gasteiger partial charge in [-0.05, 0) is 72.3 Å². The number of carboxylic acids is 1. The molecule has 2 heteroatoms. The van der Waals surface area contributed by atoms with Gasteiger partial charge in [0.25, 0.3) is 0 Å². The Bertz CT molecular complexity index is 839. The van der Waals surface area contributed by atoms with Crippen LogP contribution in [0.25, 0.3) is 17.2 Å². The van der Waals surface area contributed by atoms with Crippen LogP contribution in [-0.4, -0.2) is 11.1 Å². The smallest absolute Gasteiger partial charge is 0.336 e. The van der Waals surface area contributed by atoms with E-state index in [2.05, 4.69) is 56.3 Å². The van der Waals surface area contributed by atoms with Gasteiger partial charge in [-0.1, -0.05) is 88.1 Å². The summed E-state index contributed by atoms with van der Waals surface area (Å²) in [6.45, 7) is 4.48. The maximum absolute atomic E-state index is 11.9. The van der Waals surface area contributed by atoms with Crippen molar-refractivity contribution in [2.75, 3.05) is 0 Å². The van der Waals surface area contributed by atoms with Crippen molar-refractivity contribution in [3.8, 4) is 11.1 Å². The minimum Gasteiger partial charge on any atom is -0.478 e. The Hall–Kier alpha value is -2.35. The highest BCUT2D eigenvalue weighted by molar-refractivity contribution is 5.96. The molecule has 1 aliphatic rings. The van der Waals surface area contributed by atoms with Crippen molar-refractivity contribution in [3.05, 3.63) is 65.2 Å². The van der Waals surface area contributed by atoms with Crippen molar-refractivity contribution < 1.29 is 9.90 Å². The van der Waals surface area contributed by atoms with Gasteiger partial charge in [0.15, 0.2) is 0 Å². The molecule has 0 atom stereocenters. The van der Waals surface area contributed by atoms with Crippen LogP contribution in [0.3, 0.4) is 0 Å². The van der Waals surface area contributed by atoms with Crippen molar-refractivity contribution >= 4 is 12.0 Å². The molecule has 0 spiro atoms. The van der Waals surface area contributed by atoms with E-state index in [0.29, 0.717) is 11.5 Å². The van der Waals surface area contributed by atoms with Crippen molar-refractivity contribution in [2.24, 2.45) is 5.92 Å². The quantitative estimate of drug-likeness (QED) is 0.426. The summed E-state index contributed by atoms with van der Waals surface area (Å²) in [5, 5.41) is 9.73. The maximum atomic E-state index is 11.9. The molecule has 160 valence electrons. The molecule has 0 aromatic heterocycles. The van der Waals surface area contributed by atoms with Crippen LogP contribution in [0.15, 0.2) is 48.5 Å². The lowest BCUT2D eigenvalue weighted by atomic mass is 9.76. The number of aromatic carboxylic acids is 1. The first-order valence-corrected chi connectivity index (χ1v) is 11.8. The molecule has 0 radical (unpaired) electrons. The van der Waals surface area contributed by atoms with Crippen molar-refractivity contribution in [2.45, 2.75) is 77.6 Å². The Morgan fingerprint density at radius 3 is 2.37 bits per heavy atom. The summed E-state index contributed by atoms with van der Waals surface area (Å²) in [6, 6.07) is 14.3. The first-order chi connectivity index (χ1) is 14.6. The summed E-state index contributed by atoms with van der Waals surface area (Å²) in [7, 11) is 0. The molecular weight excluding hydrogens is 368 g/mol. The molecule has 1 N–H and O–H groups in total. The van der Waals surface area contributed by atoms with Crippen LogP contribution >= 0.6 is 0 Å². The summed E-state index contributed by atoms with van der Waals surface area (Å²) in [6.07, 6.45) is 15.5. The summed E-state index contributed by atoms with van der Waals surface area (Å²) >= 11 is 0. The zero-order valence-corrected chi connectivity index (χ0v) is 18.6. The van der Waals surface area contributed by atoms with E-state index in [9.17, 15) is 9.90 Å². The fraction of sp³-hybridized carbons (Fsp3) is 0.464. The van der Waals surface area contributed by atoms with Crippen LogP contribution in [0.1, 0.15) is 99.0 Å². The second-order valence-corrected chi connectivity index (χ2v) is 8.78. The lowest BCUT2D eigenvalue weighted by Gasteiger charge is -2.29. The van der Waals surface area contributed by atoms with Gasteiger partial charge in [-0.15, -0.1) is 0 Å². The summed E-state index contributed by atoms with van der Waals surface area (Å²) in [4.78, 5) is 11.9. The molecule has 1 fully saturated rings. The Morgan fingerprint density at radius 2 is 1.73 bits per heavy atom. The van der Waals surface area contributed by atoms with Gasteiger partial charge in [0.05, 0.1) is 5.56 Å². The SMILES string of the molecule is CCCCC=Cc1ccc(-c2cc(C3CCC(CCC)CC3)ccc2C(=O)O)cc1. The standard InChI is InChI=1S/C28H36O2/c1-3-5-6-7-9-22-12-16-24(17-13-22)27-20-25(18-19-26(27)28(29)30)23-14-10-21(8-4-2)11-15-23/h7,9,12-13,16-21,23H,3-6,8,10-11,14-15H2,1-2H3,(H,29,30). The zero-order chi connectivity index (χ0) is 21.3. The molecule has 0 saturated heterocycles. The van der Waals surface area contributed by atoms with Gasteiger partial charge >= 0.3 is 5.97 Å². The van der Waals surface area contributed by atoms with Gasteiger partial charge < -0.3 is 5.11 Å². The third-order valence-corrected chi connectivity index (χ3v) is 6.55. The molecule has 2 aromatic rings. The summed E-state index contributed by atoms with van der Waals surface area (Å²) in [5.74, 6) is 0.578. The van der Waals surface area contributed by atoms with E-state index < -0.39 is 5.97 Å². The van der Waals surface area contributed by atoms with Crippen LogP contribution in [0.4, 0.5) is 0 Å². The summed E-state index contributed by atoms with van der Waals surface area (Å²) < 4.78 is 0. The van der Waals surface area contributed by atoms with E-state index in [1.807, 2.05) is 12.1 Å². The van der Waals surface area contributed by atoms with Crippen molar-refractivity contribution in [1.82, 2.24) is 0 Å². The first kappa shape index (κ1) is 22.3. The van der Waals surface area contributed by atoms with Gasteiger partial charge in [0.2, 0.25) is 0 Å². The normalized spacial score (nSPS) is 19.3. The number of unbranched alkanes of at least 4 members (excludes halogenated alkanes) is 2. The molecule has 0 aliphatic heterocycles. The lowest BCUT2D eigenvalue weighted by molar-refractivity contribution is 0.0697. The molecule has 2 aromatic carbocycles. The number of carbonyl (C=O) groups is 1. The highest BCUT2D eigenvalue weighted by atomic mass is 16.4. The number of rotatable bonds is 9. The van der Waals surface area contributed by atoms with Crippen LogP contribution in [0.2, 0.25) is 0 Å². The maximum Gasteiger partial charge on any atom is 0.336 e. The molecule has 0 amide bonds. The number of hydrogen-bond donors (Lipinski definition) is 1. The first-order valence-electron chi connectivity index (χ1n) is 11.8. The lowest BCUT2D eigenvalue weighted by Crippen LogP contribution is -2.13. The number of allylic oxidation sites excluding steroid dienone is 1. The average molecular weight is 405 g/mol. The number of carboxylic acid groups (broad SMARTS) is 1. The summed E-state index contributed by atoms with van der Waals surface area (Å²) in [5.41, 5.74) is 4.69. The molecule has 2 nitrogen and oxygen atoms in total. The highest BCUT2D eigenvalue weighted by Gasteiger charge is 2.23. The van der Waals surface area contributed by atoms with Crippen LogP contribution in [0.5, 0.6) is 0 Å². The minimum absolute atomic E-state index is 0.393. The Kier molecular flexibility index (Phi) is 8.30. The predicted octanol–water partition coefficient (Wildman–Crippen LogP) is 8.33. The monoisotopic (exact) mass is 404 g/mol. The topological polar surface area (TPSA) is 37.3 Å². The molecule has 0 heterocycles. The van der Waals surface area contributed by atoms with Gasteiger partial charge in [-0.25, -0.2) is 4.79 Å². The third-order valence-electron chi connectivity index (χ3n) is 6.55. The molecule has 0 bridgehead atoms. The number of hydrogen-bond acceptors (Lipinski definition) is 1. The molecule has 3 rings (SSSR count). The second kappa shape index (κ2) is 11.2. The highest BCUT2D eigenvalue weighted by Crippen LogP contribution is 2.39. The molecular formula is C28H36O2. The van der Waals surface area contributed by atoms with Crippen molar-refractivity contribution in [1.29, 1.82) is 0 Å². The molecule has 30 heavy (non-hydrogen) atoms. The predicted molar refractivity (Wildman–Crippen MR) is 127 cm³/mol. The third kappa shape index (κ3) is 5.84. The molecule has 1 saturated carbocycles. The molecule has 0 unspecified atom stereocenters. The van der Waals surface area contributed by atoms with Gasteiger partial charge in [0.1, 0.15) is 0 Å². The van der Waals surface area contributed by atoms with Crippen LogP contribution in [0, 0.1) is 5.92 Å². The van der Waals surface area contributed by atoms with Gasteiger partial charge in [0, 0.05) is 0 Å². The van der Waals surface area contributed by atoms with Crippen molar-refractivity contribution in [3.63, 3.8) is 0 Å². The van der Waals surface area contributed by atoms with E-state index in [1.54, 1.807) is 0 Å². The Morgan fingerprint density at radius 1 is 1.00 bits per heavy atom. The minimum atomic E-state index is -0.855. The fourth-order valence-electron chi connectivity index (χ4n) is 4.75. The zero-order valence-electron chi connectivity index (χ0n) is 18.6. The van der Waals surface area contributed by atoms with E-state index in [4.69, 9.17) is 0 Å². The second-order valence-electron chi connectivity index (χ2n) is 8.78. The average Bonchev–Trinajstić information content (AvgIpc) is 2.77. The van der Waals surface area contributed by atoms with E-state index in [-0.39, 0.29) is 0 Å². The largest absolute Gasteiger partial charge is 0.478 e. The fourth-order valence-corrected chi connectivity index (χ4v) is 4.75. The van der Waals surface area contributed by atoms with Gasteiger partial charge in [-0.2, -0.15) is 0 Å². The van der Waals surface area contributed by atoms with Gasteiger partial charge in [-0.3, -0.25) is 0 Å². The van der Waals surface area contributed by atoms with Crippen LogP contribution < -0.4 is 0 Å². The molecule has 1 aliphatic carbocycles. The van der Waals surface area contributed by atoms with E-state index in [0.717, 1.165) is 29.0 Å². The van der Waals surface area contributed by atoms with E-state index in [1.165, 1.54) is 56.9 Å². The Balaban J connectivity index is 1.80. The number of benzene rings is 2. The Labute approximate surface area is 182 Å². The van der Waals surface area contributed by atoms with Crippen LogP contribution in [-0.2, 0) is 0 Å².